The first-order chi connectivity index (χ1) is 9.38. The quantitative estimate of drug-likeness (QED) is 0.739. The second kappa shape index (κ2) is 6.74. The number of amides is 1. The van der Waals surface area contributed by atoms with Gasteiger partial charge in [0.15, 0.2) is 0 Å². The lowest BCUT2D eigenvalue weighted by molar-refractivity contribution is -0.144. The van der Waals surface area contributed by atoms with Crippen LogP contribution >= 0.6 is 0 Å². The van der Waals surface area contributed by atoms with Crippen molar-refractivity contribution < 1.29 is 28.3 Å². The summed E-state index contributed by atoms with van der Waals surface area (Å²) in [5, 5.41) is 0. The van der Waals surface area contributed by atoms with Crippen LogP contribution in [0.5, 0.6) is 0 Å². The van der Waals surface area contributed by atoms with Crippen LogP contribution in [0.1, 0.15) is 21.9 Å². The van der Waals surface area contributed by atoms with Crippen molar-refractivity contribution in [3.63, 3.8) is 0 Å². The SMILES string of the molecule is COC(=O)CN(CC(=O)OC)C(=O)c1cc(C)oc1C. The van der Waals surface area contributed by atoms with Gasteiger partial charge in [-0.3, -0.25) is 14.4 Å². The molecule has 0 radical (unpaired) electrons. The Morgan fingerprint density at radius 3 is 1.95 bits per heavy atom. The Hall–Kier alpha value is -2.31. The molecule has 110 valence electrons. The highest BCUT2D eigenvalue weighted by Crippen LogP contribution is 2.16. The summed E-state index contributed by atoms with van der Waals surface area (Å²) in [4.78, 5) is 36.0. The molecule has 0 spiro atoms. The molecule has 0 saturated carbocycles. The summed E-state index contributed by atoms with van der Waals surface area (Å²) in [5.41, 5.74) is 0.301. The fourth-order valence-corrected chi connectivity index (χ4v) is 1.65. The highest BCUT2D eigenvalue weighted by molar-refractivity contribution is 5.98. The number of nitrogens with zero attached hydrogens (tertiary/aromatic N) is 1. The molecule has 1 amide bonds. The van der Waals surface area contributed by atoms with E-state index in [1.165, 1.54) is 14.2 Å². The lowest BCUT2D eigenvalue weighted by atomic mass is 10.2. The third-order valence-corrected chi connectivity index (χ3v) is 2.65. The first kappa shape index (κ1) is 15.7. The fraction of sp³-hybridized carbons (Fsp3) is 0.462. The van der Waals surface area contributed by atoms with Crippen LogP contribution in [0.4, 0.5) is 0 Å². The maximum Gasteiger partial charge on any atom is 0.325 e. The molecule has 0 unspecified atom stereocenters. The van der Waals surface area contributed by atoms with Crippen molar-refractivity contribution in [2.24, 2.45) is 0 Å². The largest absolute Gasteiger partial charge is 0.468 e. The summed E-state index contributed by atoms with van der Waals surface area (Å²) in [6.45, 7) is 2.66. The Kier molecular flexibility index (Phi) is 5.31. The number of aryl methyl sites for hydroxylation is 2. The van der Waals surface area contributed by atoms with Crippen LogP contribution in [0, 0.1) is 13.8 Å². The van der Waals surface area contributed by atoms with E-state index in [4.69, 9.17) is 4.42 Å². The lowest BCUT2D eigenvalue weighted by Gasteiger charge is -2.19. The number of hydrogen-bond acceptors (Lipinski definition) is 6. The average molecular weight is 283 g/mol. The molecule has 0 fully saturated rings. The molecule has 0 N–H and O–H groups in total. The van der Waals surface area contributed by atoms with Crippen molar-refractivity contribution in [2.45, 2.75) is 13.8 Å². The molecule has 0 aromatic carbocycles. The summed E-state index contributed by atoms with van der Waals surface area (Å²) in [7, 11) is 2.41. The zero-order valence-electron chi connectivity index (χ0n) is 11.9. The van der Waals surface area contributed by atoms with Crippen LogP contribution < -0.4 is 0 Å². The molecule has 1 rings (SSSR count). The van der Waals surface area contributed by atoms with Gasteiger partial charge >= 0.3 is 11.9 Å². The summed E-state index contributed by atoms with van der Waals surface area (Å²) in [6.07, 6.45) is 0. The molecule has 0 saturated heterocycles. The molecular weight excluding hydrogens is 266 g/mol. The molecule has 1 aromatic heterocycles. The smallest absolute Gasteiger partial charge is 0.325 e. The number of esters is 2. The van der Waals surface area contributed by atoms with Gasteiger partial charge in [0.2, 0.25) is 0 Å². The number of carbonyl (C=O) groups excluding carboxylic acids is 3. The van der Waals surface area contributed by atoms with Crippen LogP contribution in [0.3, 0.4) is 0 Å². The highest BCUT2D eigenvalue weighted by Gasteiger charge is 2.25. The second-order valence-electron chi connectivity index (χ2n) is 4.14. The first-order valence-corrected chi connectivity index (χ1v) is 5.89. The van der Waals surface area contributed by atoms with E-state index in [9.17, 15) is 14.4 Å². The van der Waals surface area contributed by atoms with Gasteiger partial charge in [-0.25, -0.2) is 0 Å². The predicted octanol–water partition coefficient (Wildman–Crippen LogP) is 0.685. The third-order valence-electron chi connectivity index (χ3n) is 2.65. The lowest BCUT2D eigenvalue weighted by Crippen LogP contribution is -2.40. The molecule has 0 atom stereocenters. The number of ether oxygens (including phenoxy) is 2. The second-order valence-corrected chi connectivity index (χ2v) is 4.14. The van der Waals surface area contributed by atoms with E-state index in [-0.39, 0.29) is 13.1 Å². The maximum absolute atomic E-state index is 12.3. The minimum absolute atomic E-state index is 0.301. The van der Waals surface area contributed by atoms with Gasteiger partial charge in [0, 0.05) is 0 Å². The van der Waals surface area contributed by atoms with E-state index >= 15 is 0 Å². The van der Waals surface area contributed by atoms with E-state index in [0.29, 0.717) is 17.1 Å². The Balaban J connectivity index is 2.96. The van der Waals surface area contributed by atoms with Gasteiger partial charge in [-0.1, -0.05) is 0 Å². The van der Waals surface area contributed by atoms with Crippen LogP contribution in [0.15, 0.2) is 10.5 Å². The minimum atomic E-state index is -0.625. The molecule has 0 bridgehead atoms. The van der Waals surface area contributed by atoms with Crippen molar-refractivity contribution in [3.05, 3.63) is 23.2 Å². The zero-order valence-corrected chi connectivity index (χ0v) is 11.9. The molecular formula is C13H17NO6. The summed E-state index contributed by atoms with van der Waals surface area (Å²) in [5.74, 6) is -0.746. The van der Waals surface area contributed by atoms with Crippen molar-refractivity contribution in [3.8, 4) is 0 Å². The maximum atomic E-state index is 12.3. The van der Waals surface area contributed by atoms with E-state index in [0.717, 1.165) is 4.90 Å². The predicted molar refractivity (Wildman–Crippen MR) is 68.1 cm³/mol. The zero-order chi connectivity index (χ0) is 15.3. The molecule has 0 aliphatic rings. The van der Waals surface area contributed by atoms with E-state index in [1.54, 1.807) is 19.9 Å². The fourth-order valence-electron chi connectivity index (χ4n) is 1.65. The summed E-state index contributed by atoms with van der Waals surface area (Å²) in [6, 6.07) is 1.55. The highest BCUT2D eigenvalue weighted by atomic mass is 16.5. The molecule has 0 aliphatic heterocycles. The molecule has 0 aliphatic carbocycles. The van der Waals surface area contributed by atoms with Gasteiger partial charge in [0.05, 0.1) is 19.8 Å². The summed E-state index contributed by atoms with van der Waals surface area (Å²) >= 11 is 0. The number of carbonyl (C=O) groups is 3. The first-order valence-electron chi connectivity index (χ1n) is 5.89. The number of furan rings is 1. The van der Waals surface area contributed by atoms with Crippen LogP contribution in [0.2, 0.25) is 0 Å². The van der Waals surface area contributed by atoms with Crippen LogP contribution in [-0.2, 0) is 19.1 Å². The van der Waals surface area contributed by atoms with E-state index < -0.39 is 17.8 Å². The average Bonchev–Trinajstić information content (AvgIpc) is 2.75. The molecule has 7 heteroatoms. The minimum Gasteiger partial charge on any atom is -0.468 e. The summed E-state index contributed by atoms with van der Waals surface area (Å²) < 4.78 is 14.3. The number of methoxy groups -OCH3 is 2. The Morgan fingerprint density at radius 2 is 1.60 bits per heavy atom. The number of hydrogen-bond donors (Lipinski definition) is 0. The van der Waals surface area contributed by atoms with E-state index in [1.807, 2.05) is 0 Å². The normalized spacial score (nSPS) is 10.0. The number of rotatable bonds is 5. The Morgan fingerprint density at radius 1 is 1.10 bits per heavy atom. The van der Waals surface area contributed by atoms with Crippen molar-refractivity contribution >= 4 is 17.8 Å². The van der Waals surface area contributed by atoms with Gasteiger partial charge in [-0.2, -0.15) is 0 Å². The van der Waals surface area contributed by atoms with Crippen molar-refractivity contribution in [1.29, 1.82) is 0 Å². The van der Waals surface area contributed by atoms with E-state index in [2.05, 4.69) is 9.47 Å². The Bertz CT molecular complexity index is 501. The van der Waals surface area contributed by atoms with Crippen LogP contribution in [-0.4, -0.2) is 50.1 Å². The standard InChI is InChI=1S/C13H17NO6/c1-8-5-10(9(2)20-8)13(17)14(6-11(15)18-3)7-12(16)19-4/h5H,6-7H2,1-4H3. The van der Waals surface area contributed by atoms with Gasteiger partial charge in [-0.05, 0) is 19.9 Å². The topological polar surface area (TPSA) is 86.0 Å². The molecule has 1 aromatic rings. The monoisotopic (exact) mass is 283 g/mol. The van der Waals surface area contributed by atoms with Gasteiger partial charge < -0.3 is 18.8 Å². The molecule has 7 nitrogen and oxygen atoms in total. The van der Waals surface area contributed by atoms with Crippen molar-refractivity contribution in [1.82, 2.24) is 4.90 Å². The molecule has 1 heterocycles. The van der Waals surface area contributed by atoms with Crippen LogP contribution in [0.25, 0.3) is 0 Å². The van der Waals surface area contributed by atoms with Gasteiger partial charge in [-0.15, -0.1) is 0 Å². The Labute approximate surface area is 116 Å². The van der Waals surface area contributed by atoms with Gasteiger partial charge in [0.25, 0.3) is 5.91 Å². The molecule has 20 heavy (non-hydrogen) atoms. The van der Waals surface area contributed by atoms with Crippen molar-refractivity contribution in [2.75, 3.05) is 27.3 Å². The third kappa shape index (κ3) is 3.84. The van der Waals surface area contributed by atoms with Gasteiger partial charge in [0.1, 0.15) is 24.6 Å².